The summed E-state index contributed by atoms with van der Waals surface area (Å²) in [5, 5.41) is 0. The molecule has 7 heteroatoms. The fourth-order valence-electron chi connectivity index (χ4n) is 2.86. The molecule has 2 aromatic heterocycles. The summed E-state index contributed by atoms with van der Waals surface area (Å²) < 4.78 is 19.3. The highest BCUT2D eigenvalue weighted by Crippen LogP contribution is 2.20. The molecule has 1 amide bonds. The molecule has 6 nitrogen and oxygen atoms in total. The summed E-state index contributed by atoms with van der Waals surface area (Å²) in [6.07, 6.45) is 3.55. The number of anilines is 1. The Morgan fingerprint density at radius 3 is 2.78 bits per heavy atom. The van der Waals surface area contributed by atoms with E-state index in [4.69, 9.17) is 4.42 Å². The van der Waals surface area contributed by atoms with Crippen LogP contribution in [0.25, 0.3) is 0 Å². The van der Waals surface area contributed by atoms with Crippen LogP contribution >= 0.6 is 0 Å². The number of carbonyl (C=O) groups is 1. The number of amides is 1. The maximum Gasteiger partial charge on any atom is 0.291 e. The van der Waals surface area contributed by atoms with Gasteiger partial charge >= 0.3 is 0 Å². The Labute approximate surface area is 133 Å². The molecule has 1 fully saturated rings. The summed E-state index contributed by atoms with van der Waals surface area (Å²) in [5.74, 6) is 0.293. The first-order valence-electron chi connectivity index (χ1n) is 7.64. The maximum absolute atomic E-state index is 13.9. The van der Waals surface area contributed by atoms with Crippen LogP contribution < -0.4 is 4.90 Å². The van der Waals surface area contributed by atoms with Crippen molar-refractivity contribution in [2.75, 3.05) is 31.1 Å². The molecule has 2 aromatic rings. The summed E-state index contributed by atoms with van der Waals surface area (Å²) in [7, 11) is 0. The third kappa shape index (κ3) is 3.18. The Balaban J connectivity index is 1.73. The molecule has 3 heterocycles. The standard InChI is InChI=1S/C16H19FN4O2/c1-11-15(23-12(2)19-11)16(22)21-7-3-6-20(8-9-21)14-4-5-18-10-13(14)17/h4-5,10H,3,6-9H2,1-2H3. The van der Waals surface area contributed by atoms with Crippen LogP contribution in [0.3, 0.4) is 0 Å². The predicted octanol–water partition coefficient (Wildman–Crippen LogP) is 2.18. The molecule has 0 bridgehead atoms. The molecule has 0 saturated carbocycles. The molecule has 1 aliphatic rings. The van der Waals surface area contributed by atoms with Gasteiger partial charge in [-0.15, -0.1) is 0 Å². The largest absolute Gasteiger partial charge is 0.436 e. The third-order valence-electron chi connectivity index (χ3n) is 3.97. The Hall–Kier alpha value is -2.44. The zero-order chi connectivity index (χ0) is 16.4. The van der Waals surface area contributed by atoms with E-state index < -0.39 is 0 Å². The van der Waals surface area contributed by atoms with E-state index in [1.807, 2.05) is 4.90 Å². The summed E-state index contributed by atoms with van der Waals surface area (Å²) in [6.45, 7) is 5.87. The summed E-state index contributed by atoms with van der Waals surface area (Å²) >= 11 is 0. The number of halogens is 1. The van der Waals surface area contributed by atoms with E-state index in [1.54, 1.807) is 31.0 Å². The molecule has 0 N–H and O–H groups in total. The minimum atomic E-state index is -0.339. The van der Waals surface area contributed by atoms with Gasteiger partial charge in [0.05, 0.1) is 17.6 Å². The molecular weight excluding hydrogens is 299 g/mol. The van der Waals surface area contributed by atoms with Crippen molar-refractivity contribution in [3.05, 3.63) is 41.6 Å². The lowest BCUT2D eigenvalue weighted by molar-refractivity contribution is 0.0732. The molecule has 23 heavy (non-hydrogen) atoms. The molecular formula is C16H19FN4O2. The number of rotatable bonds is 2. The highest BCUT2D eigenvalue weighted by Gasteiger charge is 2.25. The summed E-state index contributed by atoms with van der Waals surface area (Å²) in [6, 6.07) is 1.66. The number of pyridine rings is 1. The number of nitrogens with zero attached hydrogens (tertiary/aromatic N) is 4. The second kappa shape index (κ2) is 6.36. The topological polar surface area (TPSA) is 62.5 Å². The Bertz CT molecular complexity index is 716. The molecule has 0 aromatic carbocycles. The van der Waals surface area contributed by atoms with Crippen molar-refractivity contribution < 1.29 is 13.6 Å². The summed E-state index contributed by atoms with van der Waals surface area (Å²) in [5.41, 5.74) is 1.13. The van der Waals surface area contributed by atoms with Crippen LogP contribution in [-0.4, -0.2) is 47.0 Å². The van der Waals surface area contributed by atoms with Gasteiger partial charge in [0.15, 0.2) is 11.7 Å². The molecule has 3 rings (SSSR count). The van der Waals surface area contributed by atoms with Gasteiger partial charge in [-0.25, -0.2) is 9.37 Å². The molecule has 0 spiro atoms. The van der Waals surface area contributed by atoms with Crippen molar-refractivity contribution in [2.24, 2.45) is 0 Å². The fraction of sp³-hybridized carbons (Fsp3) is 0.438. The van der Waals surface area contributed by atoms with Gasteiger partial charge in [0.1, 0.15) is 0 Å². The van der Waals surface area contributed by atoms with Crippen LogP contribution in [0, 0.1) is 19.7 Å². The van der Waals surface area contributed by atoms with Gasteiger partial charge in [0, 0.05) is 39.3 Å². The molecule has 0 unspecified atom stereocenters. The number of aryl methyl sites for hydroxylation is 2. The normalized spacial score (nSPS) is 15.6. The van der Waals surface area contributed by atoms with Gasteiger partial charge in [-0.1, -0.05) is 0 Å². The van der Waals surface area contributed by atoms with Crippen molar-refractivity contribution in [2.45, 2.75) is 20.3 Å². The van der Waals surface area contributed by atoms with Crippen molar-refractivity contribution in [3.8, 4) is 0 Å². The van der Waals surface area contributed by atoms with E-state index in [9.17, 15) is 9.18 Å². The number of oxazole rings is 1. The second-order valence-corrected chi connectivity index (χ2v) is 5.61. The molecule has 1 aliphatic heterocycles. The molecule has 0 aliphatic carbocycles. The van der Waals surface area contributed by atoms with Crippen molar-refractivity contribution >= 4 is 11.6 Å². The van der Waals surface area contributed by atoms with E-state index in [2.05, 4.69) is 9.97 Å². The van der Waals surface area contributed by atoms with Gasteiger partial charge < -0.3 is 14.2 Å². The third-order valence-corrected chi connectivity index (χ3v) is 3.97. The summed E-state index contributed by atoms with van der Waals surface area (Å²) in [4.78, 5) is 24.2. The van der Waals surface area contributed by atoms with Crippen LogP contribution in [0.2, 0.25) is 0 Å². The van der Waals surface area contributed by atoms with Crippen LogP contribution in [0.5, 0.6) is 0 Å². The minimum absolute atomic E-state index is 0.153. The SMILES string of the molecule is Cc1nc(C)c(C(=O)N2CCCN(c3ccncc3F)CC2)o1. The van der Waals surface area contributed by atoms with Gasteiger partial charge in [-0.3, -0.25) is 9.78 Å². The lowest BCUT2D eigenvalue weighted by Crippen LogP contribution is -2.35. The lowest BCUT2D eigenvalue weighted by Gasteiger charge is -2.23. The van der Waals surface area contributed by atoms with Gasteiger partial charge in [0.2, 0.25) is 5.76 Å². The van der Waals surface area contributed by atoms with Crippen molar-refractivity contribution in [3.63, 3.8) is 0 Å². The number of carbonyl (C=O) groups excluding carboxylic acids is 1. The highest BCUT2D eigenvalue weighted by molar-refractivity contribution is 5.92. The molecule has 1 saturated heterocycles. The quantitative estimate of drug-likeness (QED) is 0.849. The average Bonchev–Trinajstić information content (AvgIpc) is 2.74. The Kier molecular flexibility index (Phi) is 4.27. The Morgan fingerprint density at radius 1 is 1.26 bits per heavy atom. The zero-order valence-electron chi connectivity index (χ0n) is 13.3. The first-order valence-corrected chi connectivity index (χ1v) is 7.64. The Morgan fingerprint density at radius 2 is 2.09 bits per heavy atom. The van der Waals surface area contributed by atoms with E-state index in [-0.39, 0.29) is 11.7 Å². The smallest absolute Gasteiger partial charge is 0.291 e. The maximum atomic E-state index is 13.9. The number of hydrogen-bond acceptors (Lipinski definition) is 5. The van der Waals surface area contributed by atoms with E-state index in [1.165, 1.54) is 6.20 Å². The highest BCUT2D eigenvalue weighted by atomic mass is 19.1. The van der Waals surface area contributed by atoms with Gasteiger partial charge in [-0.05, 0) is 19.4 Å². The average molecular weight is 318 g/mol. The number of aromatic nitrogens is 2. The van der Waals surface area contributed by atoms with Crippen LogP contribution in [0.1, 0.15) is 28.6 Å². The molecule has 0 radical (unpaired) electrons. The predicted molar refractivity (Wildman–Crippen MR) is 82.9 cm³/mol. The number of hydrogen-bond donors (Lipinski definition) is 0. The van der Waals surface area contributed by atoms with Crippen molar-refractivity contribution in [1.29, 1.82) is 0 Å². The monoisotopic (exact) mass is 318 g/mol. The second-order valence-electron chi connectivity index (χ2n) is 5.61. The minimum Gasteiger partial charge on any atom is -0.436 e. The van der Waals surface area contributed by atoms with E-state index in [0.29, 0.717) is 49.2 Å². The molecule has 122 valence electrons. The van der Waals surface area contributed by atoms with Crippen LogP contribution in [0.15, 0.2) is 22.9 Å². The zero-order valence-corrected chi connectivity index (χ0v) is 13.3. The van der Waals surface area contributed by atoms with Crippen molar-refractivity contribution in [1.82, 2.24) is 14.9 Å². The van der Waals surface area contributed by atoms with E-state index in [0.717, 1.165) is 6.42 Å². The van der Waals surface area contributed by atoms with Gasteiger partial charge in [-0.2, -0.15) is 0 Å². The fourth-order valence-corrected chi connectivity index (χ4v) is 2.86. The van der Waals surface area contributed by atoms with Crippen LogP contribution in [-0.2, 0) is 0 Å². The van der Waals surface area contributed by atoms with E-state index >= 15 is 0 Å². The van der Waals surface area contributed by atoms with Gasteiger partial charge in [0.25, 0.3) is 5.91 Å². The first kappa shape index (κ1) is 15.5. The van der Waals surface area contributed by atoms with Crippen LogP contribution in [0.4, 0.5) is 10.1 Å². The molecule has 0 atom stereocenters. The first-order chi connectivity index (χ1) is 11.1. The lowest BCUT2D eigenvalue weighted by atomic mass is 10.3.